The van der Waals surface area contributed by atoms with Crippen LogP contribution < -0.4 is 5.32 Å². The number of fused-ring (bicyclic) bond motifs is 1. The number of rotatable bonds is 3. The summed E-state index contributed by atoms with van der Waals surface area (Å²) in [6, 6.07) is 1.78. The summed E-state index contributed by atoms with van der Waals surface area (Å²) < 4.78 is 14.2. The molecule has 124 valence electrons. The molecule has 1 saturated carbocycles. The van der Waals surface area contributed by atoms with Crippen molar-refractivity contribution in [3.63, 3.8) is 0 Å². The molecule has 23 heavy (non-hydrogen) atoms. The Balaban J connectivity index is 1.84. The molecule has 1 amide bonds. The second-order valence-electron chi connectivity index (χ2n) is 6.72. The van der Waals surface area contributed by atoms with Crippen LogP contribution in [0.2, 0.25) is 0 Å². The van der Waals surface area contributed by atoms with Gasteiger partial charge in [-0.1, -0.05) is 12.8 Å². The molecule has 1 N–H and O–H groups in total. The molecule has 0 spiro atoms. The van der Waals surface area contributed by atoms with E-state index < -0.39 is 7.14 Å². The number of nitrogens with zero attached hydrogens (tertiary/aromatic N) is 3. The first-order valence-corrected chi connectivity index (χ1v) is 10.7. The van der Waals surface area contributed by atoms with Gasteiger partial charge >= 0.3 is 0 Å². The van der Waals surface area contributed by atoms with E-state index in [1.807, 2.05) is 20.3 Å². The standard InChI is InChI=1S/C16H23N4O2P/c1-11-12(10-17-15-8-9-18-20(11)15)16(21)19-13-6-4-5-7-14(13)23(2,3)22/h8-10,13-14H,4-7H2,1-3H3,(H,19,21). The van der Waals surface area contributed by atoms with Gasteiger partial charge < -0.3 is 9.88 Å². The van der Waals surface area contributed by atoms with Crippen LogP contribution in [0.1, 0.15) is 41.7 Å². The number of carbonyl (C=O) groups excluding carboxylic acids is 1. The Morgan fingerprint density at radius 1 is 1.35 bits per heavy atom. The first-order chi connectivity index (χ1) is 10.9. The van der Waals surface area contributed by atoms with Crippen LogP contribution in [0.4, 0.5) is 0 Å². The van der Waals surface area contributed by atoms with Crippen LogP contribution in [0.5, 0.6) is 0 Å². The van der Waals surface area contributed by atoms with Crippen molar-refractivity contribution < 1.29 is 9.36 Å². The summed E-state index contributed by atoms with van der Waals surface area (Å²) in [5.41, 5.74) is 2.08. The largest absolute Gasteiger partial charge is 0.348 e. The minimum Gasteiger partial charge on any atom is -0.348 e. The summed E-state index contributed by atoms with van der Waals surface area (Å²) in [5, 5.41) is 7.29. The zero-order chi connectivity index (χ0) is 16.6. The van der Waals surface area contributed by atoms with E-state index in [1.54, 1.807) is 23.0 Å². The Morgan fingerprint density at radius 3 is 2.83 bits per heavy atom. The van der Waals surface area contributed by atoms with Crippen molar-refractivity contribution in [2.45, 2.75) is 44.3 Å². The smallest absolute Gasteiger partial charge is 0.254 e. The lowest BCUT2D eigenvalue weighted by atomic mass is 9.94. The van der Waals surface area contributed by atoms with Gasteiger partial charge in [-0.2, -0.15) is 5.10 Å². The van der Waals surface area contributed by atoms with E-state index in [1.165, 1.54) is 0 Å². The minimum atomic E-state index is -2.23. The number of aryl methyl sites for hydroxylation is 1. The first-order valence-electron chi connectivity index (χ1n) is 8.03. The van der Waals surface area contributed by atoms with Gasteiger partial charge in [-0.25, -0.2) is 9.50 Å². The summed E-state index contributed by atoms with van der Waals surface area (Å²) in [6.45, 7) is 5.51. The van der Waals surface area contributed by atoms with Gasteiger partial charge in [-0.15, -0.1) is 0 Å². The van der Waals surface area contributed by atoms with Crippen LogP contribution in [0.15, 0.2) is 18.5 Å². The average molecular weight is 334 g/mol. The maximum Gasteiger partial charge on any atom is 0.254 e. The van der Waals surface area contributed by atoms with Crippen molar-refractivity contribution in [2.24, 2.45) is 0 Å². The van der Waals surface area contributed by atoms with E-state index >= 15 is 0 Å². The van der Waals surface area contributed by atoms with E-state index in [9.17, 15) is 9.36 Å². The van der Waals surface area contributed by atoms with E-state index in [0.717, 1.165) is 37.0 Å². The quantitative estimate of drug-likeness (QED) is 0.876. The molecule has 1 aliphatic rings. The fraction of sp³-hybridized carbons (Fsp3) is 0.562. The Bertz CT molecular complexity index is 779. The highest BCUT2D eigenvalue weighted by molar-refractivity contribution is 7.63. The lowest BCUT2D eigenvalue weighted by Gasteiger charge is -2.34. The summed E-state index contributed by atoms with van der Waals surface area (Å²) in [5.74, 6) is -0.155. The van der Waals surface area contributed by atoms with E-state index in [4.69, 9.17) is 0 Å². The molecule has 0 saturated heterocycles. The molecule has 1 fully saturated rings. The SMILES string of the molecule is Cc1c(C(=O)NC2CCCCC2P(C)(C)=O)cnc2ccnn12. The minimum absolute atomic E-state index is 0.0233. The molecular formula is C16H23N4O2P. The highest BCUT2D eigenvalue weighted by Crippen LogP contribution is 2.49. The van der Waals surface area contributed by atoms with Gasteiger partial charge in [-0.05, 0) is 33.1 Å². The second-order valence-corrected chi connectivity index (χ2v) is 10.3. The predicted molar refractivity (Wildman–Crippen MR) is 90.7 cm³/mol. The second kappa shape index (κ2) is 6.08. The Morgan fingerprint density at radius 2 is 2.09 bits per heavy atom. The lowest BCUT2D eigenvalue weighted by Crippen LogP contribution is -2.45. The zero-order valence-electron chi connectivity index (χ0n) is 13.8. The summed E-state index contributed by atoms with van der Waals surface area (Å²) in [7, 11) is -2.23. The van der Waals surface area contributed by atoms with Crippen molar-refractivity contribution in [2.75, 3.05) is 13.3 Å². The van der Waals surface area contributed by atoms with Crippen molar-refractivity contribution >= 4 is 18.7 Å². The van der Waals surface area contributed by atoms with Crippen molar-refractivity contribution in [3.8, 4) is 0 Å². The normalized spacial score (nSPS) is 22.2. The maximum absolute atomic E-state index is 12.7. The lowest BCUT2D eigenvalue weighted by molar-refractivity contribution is 0.0927. The topological polar surface area (TPSA) is 76.4 Å². The highest BCUT2D eigenvalue weighted by atomic mass is 31.2. The molecule has 2 heterocycles. The van der Waals surface area contributed by atoms with Crippen LogP contribution in [0, 0.1) is 6.92 Å². The van der Waals surface area contributed by atoms with Crippen LogP contribution in [0.25, 0.3) is 5.65 Å². The average Bonchev–Trinajstić information content (AvgIpc) is 2.96. The monoisotopic (exact) mass is 334 g/mol. The van der Waals surface area contributed by atoms with Gasteiger partial charge in [0.15, 0.2) is 5.65 Å². The van der Waals surface area contributed by atoms with E-state index in [-0.39, 0.29) is 17.6 Å². The van der Waals surface area contributed by atoms with Crippen LogP contribution in [-0.4, -0.2) is 45.5 Å². The third kappa shape index (κ3) is 3.18. The summed E-state index contributed by atoms with van der Waals surface area (Å²) in [4.78, 5) is 17.0. The molecule has 3 rings (SSSR count). The van der Waals surface area contributed by atoms with Crippen molar-refractivity contribution in [1.29, 1.82) is 0 Å². The zero-order valence-corrected chi connectivity index (χ0v) is 14.7. The third-order valence-corrected chi connectivity index (χ3v) is 6.96. The molecule has 1 aliphatic carbocycles. The molecule has 0 bridgehead atoms. The van der Waals surface area contributed by atoms with Crippen molar-refractivity contribution in [1.82, 2.24) is 19.9 Å². The van der Waals surface area contributed by atoms with Crippen molar-refractivity contribution in [3.05, 3.63) is 29.7 Å². The number of amides is 1. The maximum atomic E-state index is 12.7. The number of carbonyl (C=O) groups is 1. The number of aromatic nitrogens is 3. The van der Waals surface area contributed by atoms with E-state index in [0.29, 0.717) is 5.56 Å². The van der Waals surface area contributed by atoms with Gasteiger partial charge in [0.05, 0.1) is 24.6 Å². The fourth-order valence-corrected chi connectivity index (χ4v) is 5.38. The number of hydrogen-bond acceptors (Lipinski definition) is 4. The summed E-state index contributed by atoms with van der Waals surface area (Å²) >= 11 is 0. The summed E-state index contributed by atoms with van der Waals surface area (Å²) in [6.07, 6.45) is 7.22. The molecule has 2 aromatic heterocycles. The van der Waals surface area contributed by atoms with Gasteiger partial charge in [-0.3, -0.25) is 4.79 Å². The Hall–Kier alpha value is -1.68. The number of nitrogens with one attached hydrogen (secondary N) is 1. The fourth-order valence-electron chi connectivity index (χ4n) is 3.48. The molecule has 0 radical (unpaired) electrons. The molecular weight excluding hydrogens is 311 g/mol. The molecule has 0 aromatic carbocycles. The Kier molecular flexibility index (Phi) is 4.28. The Labute approximate surface area is 136 Å². The molecule has 2 unspecified atom stereocenters. The van der Waals surface area contributed by atoms with Crippen LogP contribution in [-0.2, 0) is 4.57 Å². The van der Waals surface area contributed by atoms with Crippen LogP contribution in [0.3, 0.4) is 0 Å². The van der Waals surface area contributed by atoms with Gasteiger partial charge in [0.25, 0.3) is 5.91 Å². The molecule has 6 nitrogen and oxygen atoms in total. The molecule has 2 atom stereocenters. The van der Waals surface area contributed by atoms with Gasteiger partial charge in [0.1, 0.15) is 0 Å². The molecule has 0 aliphatic heterocycles. The first kappa shape index (κ1) is 16.2. The third-order valence-electron chi connectivity index (χ3n) is 4.75. The van der Waals surface area contributed by atoms with E-state index in [2.05, 4.69) is 15.4 Å². The van der Waals surface area contributed by atoms with Gasteiger partial charge in [0, 0.05) is 24.0 Å². The molecule has 7 heteroatoms. The highest BCUT2D eigenvalue weighted by Gasteiger charge is 2.35. The predicted octanol–water partition coefficient (Wildman–Crippen LogP) is 2.70. The van der Waals surface area contributed by atoms with Gasteiger partial charge in [0.2, 0.25) is 0 Å². The van der Waals surface area contributed by atoms with Crippen LogP contribution >= 0.6 is 7.14 Å². The number of hydrogen-bond donors (Lipinski definition) is 1. The molecule has 2 aromatic rings.